The van der Waals surface area contributed by atoms with Crippen LogP contribution >= 0.6 is 22.9 Å². The zero-order valence-electron chi connectivity index (χ0n) is 15.6. The Kier molecular flexibility index (Phi) is 5.46. The molecular weight excluding hydrogens is 419 g/mol. The summed E-state index contributed by atoms with van der Waals surface area (Å²) in [5.41, 5.74) is 1.29. The molecule has 1 saturated carbocycles. The average molecular weight is 439 g/mol. The number of aliphatic hydroxyl groups excluding tert-OH is 1. The zero-order valence-corrected chi connectivity index (χ0v) is 17.2. The fraction of sp³-hybridized carbons (Fsp3) is 0.421. The Labute approximate surface area is 175 Å². The Morgan fingerprint density at radius 1 is 1.34 bits per heavy atom. The highest BCUT2D eigenvalue weighted by Gasteiger charge is 2.34. The second kappa shape index (κ2) is 7.89. The van der Waals surface area contributed by atoms with E-state index in [1.807, 2.05) is 6.92 Å². The second-order valence-electron chi connectivity index (χ2n) is 7.44. The SMILES string of the molecule is C[C@H]1Cc2nc(NC(=O)C3CC(O)C3)sc2CN1C(=O)Nc1ccc(F)c(Cl)c1. The number of rotatable bonds is 3. The fourth-order valence-electron chi connectivity index (χ4n) is 3.47. The van der Waals surface area contributed by atoms with Crippen LogP contribution in [0.1, 0.15) is 30.3 Å². The summed E-state index contributed by atoms with van der Waals surface area (Å²) in [7, 11) is 0. The molecule has 2 aliphatic rings. The van der Waals surface area contributed by atoms with Gasteiger partial charge in [-0.05, 0) is 38.0 Å². The normalized spacial score (nSPS) is 23.2. The molecule has 0 unspecified atom stereocenters. The van der Waals surface area contributed by atoms with Crippen LogP contribution in [0.15, 0.2) is 18.2 Å². The van der Waals surface area contributed by atoms with Crippen molar-refractivity contribution in [1.82, 2.24) is 9.88 Å². The summed E-state index contributed by atoms with van der Waals surface area (Å²) in [5, 5.41) is 15.4. The lowest BCUT2D eigenvalue weighted by atomic mass is 9.82. The summed E-state index contributed by atoms with van der Waals surface area (Å²) < 4.78 is 13.3. The summed E-state index contributed by atoms with van der Waals surface area (Å²) in [6, 6.07) is 3.62. The average Bonchev–Trinajstić information content (AvgIpc) is 3.02. The Morgan fingerprint density at radius 2 is 2.10 bits per heavy atom. The lowest BCUT2D eigenvalue weighted by Crippen LogP contribution is -2.44. The minimum Gasteiger partial charge on any atom is -0.393 e. The van der Waals surface area contributed by atoms with E-state index in [0.29, 0.717) is 36.6 Å². The third-order valence-electron chi connectivity index (χ3n) is 5.26. The van der Waals surface area contributed by atoms with Gasteiger partial charge in [-0.2, -0.15) is 0 Å². The molecule has 1 aliphatic carbocycles. The Bertz CT molecular complexity index is 963. The van der Waals surface area contributed by atoms with E-state index in [-0.39, 0.29) is 35.0 Å². The van der Waals surface area contributed by atoms with Crippen molar-refractivity contribution >= 4 is 45.7 Å². The number of carbonyl (C=O) groups excluding carboxylic acids is 2. The van der Waals surface area contributed by atoms with Crippen LogP contribution in [-0.2, 0) is 17.8 Å². The van der Waals surface area contributed by atoms with Crippen molar-refractivity contribution in [2.75, 3.05) is 10.6 Å². The van der Waals surface area contributed by atoms with Gasteiger partial charge in [-0.25, -0.2) is 14.2 Å². The number of amides is 3. The first-order valence-electron chi connectivity index (χ1n) is 9.30. The number of anilines is 2. The number of carbonyl (C=O) groups is 2. The summed E-state index contributed by atoms with van der Waals surface area (Å²) in [6.07, 6.45) is 1.14. The summed E-state index contributed by atoms with van der Waals surface area (Å²) in [5.74, 6) is -0.844. The minimum absolute atomic E-state index is 0.0569. The molecule has 1 aliphatic heterocycles. The van der Waals surface area contributed by atoms with Gasteiger partial charge in [0.1, 0.15) is 5.82 Å². The van der Waals surface area contributed by atoms with Gasteiger partial charge in [0.25, 0.3) is 0 Å². The molecule has 1 atom stereocenters. The van der Waals surface area contributed by atoms with Gasteiger partial charge in [0.2, 0.25) is 5.91 Å². The number of nitrogens with one attached hydrogen (secondary N) is 2. The van der Waals surface area contributed by atoms with E-state index in [1.165, 1.54) is 29.5 Å². The van der Waals surface area contributed by atoms with Crippen molar-refractivity contribution in [3.05, 3.63) is 39.6 Å². The third kappa shape index (κ3) is 4.22. The number of hydrogen-bond donors (Lipinski definition) is 3. The number of nitrogens with zero attached hydrogens (tertiary/aromatic N) is 2. The predicted molar refractivity (Wildman–Crippen MR) is 109 cm³/mol. The van der Waals surface area contributed by atoms with E-state index >= 15 is 0 Å². The highest BCUT2D eigenvalue weighted by Crippen LogP contribution is 2.33. The van der Waals surface area contributed by atoms with Crippen LogP contribution in [0.3, 0.4) is 0 Å². The van der Waals surface area contributed by atoms with Crippen molar-refractivity contribution in [2.45, 2.75) is 44.9 Å². The molecule has 2 heterocycles. The highest BCUT2D eigenvalue weighted by atomic mass is 35.5. The van der Waals surface area contributed by atoms with Crippen LogP contribution in [0.5, 0.6) is 0 Å². The summed E-state index contributed by atoms with van der Waals surface area (Å²) in [6.45, 7) is 2.29. The van der Waals surface area contributed by atoms with Gasteiger partial charge in [-0.3, -0.25) is 4.79 Å². The van der Waals surface area contributed by atoms with E-state index in [0.717, 1.165) is 10.6 Å². The molecule has 154 valence electrons. The van der Waals surface area contributed by atoms with Crippen molar-refractivity contribution in [2.24, 2.45) is 5.92 Å². The molecule has 3 N–H and O–H groups in total. The lowest BCUT2D eigenvalue weighted by Gasteiger charge is -2.32. The van der Waals surface area contributed by atoms with Crippen molar-refractivity contribution in [1.29, 1.82) is 0 Å². The van der Waals surface area contributed by atoms with E-state index < -0.39 is 5.82 Å². The molecule has 1 aromatic carbocycles. The number of benzene rings is 1. The molecule has 7 nitrogen and oxygen atoms in total. The molecule has 0 radical (unpaired) electrons. The van der Waals surface area contributed by atoms with E-state index in [4.69, 9.17) is 11.6 Å². The van der Waals surface area contributed by atoms with E-state index in [9.17, 15) is 19.1 Å². The summed E-state index contributed by atoms with van der Waals surface area (Å²) in [4.78, 5) is 32.0. The first-order valence-corrected chi connectivity index (χ1v) is 10.5. The van der Waals surface area contributed by atoms with Crippen LogP contribution in [-0.4, -0.2) is 39.1 Å². The molecule has 0 spiro atoms. The van der Waals surface area contributed by atoms with E-state index in [2.05, 4.69) is 15.6 Å². The molecule has 1 fully saturated rings. The van der Waals surface area contributed by atoms with Crippen LogP contribution in [0.25, 0.3) is 0 Å². The van der Waals surface area contributed by atoms with Crippen LogP contribution in [0.4, 0.5) is 20.0 Å². The molecular formula is C19H20ClFN4O3S. The number of hydrogen-bond acceptors (Lipinski definition) is 5. The molecule has 0 saturated heterocycles. The fourth-order valence-corrected chi connectivity index (χ4v) is 4.64. The van der Waals surface area contributed by atoms with Gasteiger partial charge < -0.3 is 20.6 Å². The number of thiazole rings is 1. The van der Waals surface area contributed by atoms with Crippen molar-refractivity contribution < 1.29 is 19.1 Å². The number of halogens is 2. The molecule has 10 heteroatoms. The highest BCUT2D eigenvalue weighted by molar-refractivity contribution is 7.15. The zero-order chi connectivity index (χ0) is 20.7. The van der Waals surface area contributed by atoms with Crippen molar-refractivity contribution in [3.63, 3.8) is 0 Å². The standard InChI is InChI=1S/C19H20ClFN4O3S/c1-9-4-15-16(29-18(23-15)24-17(27)10-5-12(26)6-10)8-25(9)19(28)22-11-2-3-14(21)13(20)7-11/h2-3,7,9-10,12,26H,4-6,8H2,1H3,(H,22,28)(H,23,24,27)/t9-,10?,12?/m0/s1. The maximum Gasteiger partial charge on any atom is 0.322 e. The molecule has 1 aromatic heterocycles. The van der Waals surface area contributed by atoms with Gasteiger partial charge in [-0.1, -0.05) is 22.9 Å². The number of urea groups is 1. The maximum atomic E-state index is 13.3. The van der Waals surface area contributed by atoms with Gasteiger partial charge in [0.15, 0.2) is 5.13 Å². The Morgan fingerprint density at radius 3 is 2.79 bits per heavy atom. The first-order chi connectivity index (χ1) is 13.8. The molecule has 3 amide bonds. The third-order valence-corrected chi connectivity index (χ3v) is 6.55. The lowest BCUT2D eigenvalue weighted by molar-refractivity contribution is -0.126. The van der Waals surface area contributed by atoms with Gasteiger partial charge in [-0.15, -0.1) is 0 Å². The molecule has 2 aromatic rings. The predicted octanol–water partition coefficient (Wildman–Crippen LogP) is 3.62. The van der Waals surface area contributed by atoms with Gasteiger partial charge in [0.05, 0.1) is 23.4 Å². The van der Waals surface area contributed by atoms with Gasteiger partial charge >= 0.3 is 6.03 Å². The smallest absolute Gasteiger partial charge is 0.322 e. The largest absolute Gasteiger partial charge is 0.393 e. The van der Waals surface area contributed by atoms with E-state index in [1.54, 1.807) is 4.90 Å². The number of fused-ring (bicyclic) bond motifs is 1. The Hall–Kier alpha value is -2.23. The number of aliphatic hydroxyl groups is 1. The monoisotopic (exact) mass is 438 g/mol. The molecule has 0 bridgehead atoms. The minimum atomic E-state index is -0.545. The quantitative estimate of drug-likeness (QED) is 0.682. The topological polar surface area (TPSA) is 94.6 Å². The first kappa shape index (κ1) is 20.1. The van der Waals surface area contributed by atoms with Crippen LogP contribution < -0.4 is 10.6 Å². The molecule has 4 rings (SSSR count). The van der Waals surface area contributed by atoms with Crippen LogP contribution in [0, 0.1) is 11.7 Å². The van der Waals surface area contributed by atoms with Crippen LogP contribution in [0.2, 0.25) is 5.02 Å². The van der Waals surface area contributed by atoms with Gasteiger partial charge in [0, 0.05) is 28.9 Å². The number of aromatic nitrogens is 1. The second-order valence-corrected chi connectivity index (χ2v) is 8.93. The Balaban J connectivity index is 1.42. The summed E-state index contributed by atoms with van der Waals surface area (Å²) >= 11 is 7.13. The maximum absolute atomic E-state index is 13.3. The molecule has 29 heavy (non-hydrogen) atoms. The van der Waals surface area contributed by atoms with Crippen molar-refractivity contribution in [3.8, 4) is 0 Å².